The van der Waals surface area contributed by atoms with Gasteiger partial charge in [0.2, 0.25) is 5.91 Å². The zero-order chi connectivity index (χ0) is 14.4. The van der Waals surface area contributed by atoms with Gasteiger partial charge in [-0.2, -0.15) is 0 Å². The van der Waals surface area contributed by atoms with Gasteiger partial charge in [0, 0.05) is 25.9 Å². The molecule has 2 amide bonds. The highest BCUT2D eigenvalue weighted by Crippen LogP contribution is 2.05. The second kappa shape index (κ2) is 6.56. The van der Waals surface area contributed by atoms with Crippen molar-refractivity contribution in [2.24, 2.45) is 0 Å². The monoisotopic (exact) mass is 271 g/mol. The van der Waals surface area contributed by atoms with Gasteiger partial charge in [-0.3, -0.25) is 9.59 Å². The molecular formula is C15H17N3O2. The molecule has 0 unspecified atom stereocenters. The summed E-state index contributed by atoms with van der Waals surface area (Å²) in [5.74, 6) is -0.501. The van der Waals surface area contributed by atoms with Crippen molar-refractivity contribution < 1.29 is 9.59 Å². The maximum atomic E-state index is 12.2. The minimum absolute atomic E-state index is 0.250. The Kier molecular flexibility index (Phi) is 4.55. The Morgan fingerprint density at radius 1 is 1.10 bits per heavy atom. The van der Waals surface area contributed by atoms with Gasteiger partial charge in [-0.1, -0.05) is 30.3 Å². The molecule has 0 spiro atoms. The summed E-state index contributed by atoms with van der Waals surface area (Å²) in [6.07, 6.45) is 2.75. The number of aromatic nitrogens is 1. The van der Waals surface area contributed by atoms with Crippen LogP contribution in [-0.2, 0) is 16.1 Å². The standard InChI is InChI=1S/C15H17N3O2/c1-12(19)17-14(18-9-5-6-10-18)15(20)16-11-13-7-3-2-4-8-13/h2-10,14H,11H2,1H3,(H,16,20)(H,17,19)/t14-/m1/s1. The van der Waals surface area contributed by atoms with E-state index in [0.717, 1.165) is 5.56 Å². The Balaban J connectivity index is 2.02. The lowest BCUT2D eigenvalue weighted by molar-refractivity contribution is -0.130. The molecule has 0 aliphatic carbocycles. The minimum atomic E-state index is -0.730. The lowest BCUT2D eigenvalue weighted by Crippen LogP contribution is -2.42. The first-order valence-electron chi connectivity index (χ1n) is 6.38. The van der Waals surface area contributed by atoms with E-state index in [9.17, 15) is 9.59 Å². The summed E-state index contributed by atoms with van der Waals surface area (Å²) in [7, 11) is 0. The van der Waals surface area contributed by atoms with E-state index in [1.165, 1.54) is 6.92 Å². The van der Waals surface area contributed by atoms with Gasteiger partial charge in [0.05, 0.1) is 0 Å². The van der Waals surface area contributed by atoms with E-state index in [4.69, 9.17) is 0 Å². The van der Waals surface area contributed by atoms with Gasteiger partial charge >= 0.3 is 0 Å². The molecule has 0 radical (unpaired) electrons. The average molecular weight is 271 g/mol. The first-order chi connectivity index (χ1) is 9.66. The maximum Gasteiger partial charge on any atom is 0.264 e. The van der Waals surface area contributed by atoms with Crippen molar-refractivity contribution in [2.75, 3.05) is 0 Å². The van der Waals surface area contributed by atoms with E-state index >= 15 is 0 Å². The molecule has 20 heavy (non-hydrogen) atoms. The molecule has 0 aliphatic rings. The Bertz CT molecular complexity index is 564. The predicted octanol–water partition coefficient (Wildman–Crippen LogP) is 1.44. The molecule has 0 saturated carbocycles. The highest BCUT2D eigenvalue weighted by molar-refractivity contribution is 5.85. The van der Waals surface area contributed by atoms with Crippen LogP contribution >= 0.6 is 0 Å². The predicted molar refractivity (Wildman–Crippen MR) is 75.6 cm³/mol. The van der Waals surface area contributed by atoms with Gasteiger partial charge in [0.15, 0.2) is 6.17 Å². The van der Waals surface area contributed by atoms with Gasteiger partial charge in [0.1, 0.15) is 0 Å². The molecule has 1 heterocycles. The smallest absolute Gasteiger partial charge is 0.264 e. The third-order valence-corrected chi connectivity index (χ3v) is 2.82. The van der Waals surface area contributed by atoms with Gasteiger partial charge in [0.25, 0.3) is 5.91 Å². The van der Waals surface area contributed by atoms with Crippen LogP contribution in [0.4, 0.5) is 0 Å². The number of rotatable bonds is 5. The summed E-state index contributed by atoms with van der Waals surface area (Å²) in [5, 5.41) is 5.45. The van der Waals surface area contributed by atoms with Gasteiger partial charge in [-0.05, 0) is 17.7 Å². The highest BCUT2D eigenvalue weighted by Gasteiger charge is 2.19. The van der Waals surface area contributed by atoms with Crippen LogP contribution in [0, 0.1) is 0 Å². The molecular weight excluding hydrogens is 254 g/mol. The van der Waals surface area contributed by atoms with Crippen LogP contribution in [-0.4, -0.2) is 16.4 Å². The number of hydrogen-bond acceptors (Lipinski definition) is 2. The largest absolute Gasteiger partial charge is 0.349 e. The Labute approximate surface area is 117 Å². The molecule has 0 aliphatic heterocycles. The van der Waals surface area contributed by atoms with E-state index in [1.54, 1.807) is 29.1 Å². The Morgan fingerprint density at radius 3 is 2.35 bits per heavy atom. The van der Waals surface area contributed by atoms with E-state index in [-0.39, 0.29) is 11.8 Å². The van der Waals surface area contributed by atoms with Crippen molar-refractivity contribution in [1.29, 1.82) is 0 Å². The summed E-state index contributed by atoms with van der Waals surface area (Å²) in [5.41, 5.74) is 1.01. The molecule has 104 valence electrons. The molecule has 0 fully saturated rings. The molecule has 1 atom stereocenters. The summed E-state index contributed by atoms with van der Waals surface area (Å²) in [6, 6.07) is 13.2. The van der Waals surface area contributed by atoms with E-state index in [0.29, 0.717) is 6.54 Å². The number of carbonyl (C=O) groups is 2. The molecule has 0 bridgehead atoms. The van der Waals surface area contributed by atoms with Crippen molar-refractivity contribution >= 4 is 11.8 Å². The second-order valence-corrected chi connectivity index (χ2v) is 4.44. The number of nitrogens with one attached hydrogen (secondary N) is 2. The van der Waals surface area contributed by atoms with Crippen molar-refractivity contribution in [3.8, 4) is 0 Å². The maximum absolute atomic E-state index is 12.2. The van der Waals surface area contributed by atoms with E-state index in [2.05, 4.69) is 10.6 Å². The first-order valence-corrected chi connectivity index (χ1v) is 6.38. The van der Waals surface area contributed by atoms with Crippen LogP contribution in [0.2, 0.25) is 0 Å². The lowest BCUT2D eigenvalue weighted by Gasteiger charge is -2.19. The Hall–Kier alpha value is -2.56. The summed E-state index contributed by atoms with van der Waals surface area (Å²) < 4.78 is 1.65. The van der Waals surface area contributed by atoms with Crippen LogP contribution in [0.15, 0.2) is 54.9 Å². The fourth-order valence-electron chi connectivity index (χ4n) is 1.87. The van der Waals surface area contributed by atoms with Crippen LogP contribution in [0.5, 0.6) is 0 Å². The number of amides is 2. The molecule has 5 heteroatoms. The average Bonchev–Trinajstić information content (AvgIpc) is 2.97. The summed E-state index contributed by atoms with van der Waals surface area (Å²) in [6.45, 7) is 1.82. The minimum Gasteiger partial charge on any atom is -0.349 e. The van der Waals surface area contributed by atoms with Crippen LogP contribution < -0.4 is 10.6 Å². The SMILES string of the molecule is CC(=O)N[C@@H](C(=O)NCc1ccccc1)n1cccc1. The summed E-state index contributed by atoms with van der Waals surface area (Å²) in [4.78, 5) is 23.4. The molecule has 1 aromatic carbocycles. The van der Waals surface area contributed by atoms with Crippen LogP contribution in [0.25, 0.3) is 0 Å². The number of hydrogen-bond donors (Lipinski definition) is 2. The van der Waals surface area contributed by atoms with Gasteiger partial charge in [-0.15, -0.1) is 0 Å². The van der Waals surface area contributed by atoms with Gasteiger partial charge < -0.3 is 15.2 Å². The highest BCUT2D eigenvalue weighted by atomic mass is 16.2. The van der Waals surface area contributed by atoms with E-state index < -0.39 is 6.17 Å². The normalized spacial score (nSPS) is 11.7. The molecule has 1 aromatic heterocycles. The van der Waals surface area contributed by atoms with Crippen molar-refractivity contribution in [3.05, 3.63) is 60.4 Å². The Morgan fingerprint density at radius 2 is 1.75 bits per heavy atom. The third kappa shape index (κ3) is 3.71. The topological polar surface area (TPSA) is 63.1 Å². The lowest BCUT2D eigenvalue weighted by atomic mass is 10.2. The molecule has 2 aromatic rings. The van der Waals surface area contributed by atoms with Crippen molar-refractivity contribution in [1.82, 2.24) is 15.2 Å². The number of benzene rings is 1. The second-order valence-electron chi connectivity index (χ2n) is 4.44. The zero-order valence-electron chi connectivity index (χ0n) is 11.2. The fourth-order valence-corrected chi connectivity index (χ4v) is 1.87. The van der Waals surface area contributed by atoms with Crippen molar-refractivity contribution in [3.63, 3.8) is 0 Å². The molecule has 2 N–H and O–H groups in total. The third-order valence-electron chi connectivity index (χ3n) is 2.82. The summed E-state index contributed by atoms with van der Waals surface area (Å²) >= 11 is 0. The zero-order valence-corrected chi connectivity index (χ0v) is 11.2. The molecule has 2 rings (SSSR count). The van der Waals surface area contributed by atoms with Crippen LogP contribution in [0.3, 0.4) is 0 Å². The number of nitrogens with zero attached hydrogens (tertiary/aromatic N) is 1. The van der Waals surface area contributed by atoms with E-state index in [1.807, 2.05) is 30.3 Å². The van der Waals surface area contributed by atoms with Gasteiger partial charge in [-0.25, -0.2) is 0 Å². The number of carbonyl (C=O) groups excluding carboxylic acids is 2. The first kappa shape index (κ1) is 13.9. The molecule has 5 nitrogen and oxygen atoms in total. The quantitative estimate of drug-likeness (QED) is 0.864. The van der Waals surface area contributed by atoms with Crippen molar-refractivity contribution in [2.45, 2.75) is 19.6 Å². The van der Waals surface area contributed by atoms with Crippen LogP contribution in [0.1, 0.15) is 18.7 Å². The fraction of sp³-hybridized carbons (Fsp3) is 0.200. The molecule has 0 saturated heterocycles.